The van der Waals surface area contributed by atoms with Crippen LogP contribution in [0.5, 0.6) is 0 Å². The van der Waals surface area contributed by atoms with E-state index < -0.39 is 10.0 Å². The predicted molar refractivity (Wildman–Crippen MR) is 77.8 cm³/mol. The van der Waals surface area contributed by atoms with Gasteiger partial charge in [0.05, 0.1) is 11.0 Å². The summed E-state index contributed by atoms with van der Waals surface area (Å²) in [7, 11) is -3.49. The molecule has 1 fully saturated rings. The van der Waals surface area contributed by atoms with E-state index in [9.17, 15) is 8.42 Å². The van der Waals surface area contributed by atoms with E-state index in [1.165, 1.54) is 0 Å². The molecular formula is C14H22N2O3S. The summed E-state index contributed by atoms with van der Waals surface area (Å²) >= 11 is 0. The number of nitrogens with one attached hydrogen (secondary N) is 1. The van der Waals surface area contributed by atoms with Crippen LogP contribution in [-0.2, 0) is 21.3 Å². The lowest BCUT2D eigenvalue weighted by molar-refractivity contribution is 0.0200. The molecule has 0 saturated carbocycles. The maximum Gasteiger partial charge on any atom is 0.240 e. The maximum atomic E-state index is 12.3. The van der Waals surface area contributed by atoms with E-state index in [1.54, 1.807) is 19.1 Å². The molecule has 6 heteroatoms. The fourth-order valence-corrected chi connectivity index (χ4v) is 3.68. The SMILES string of the molecule is Cc1cc(CN)ccc1S(=O)(=O)NCC1CCCCO1. The molecule has 1 saturated heterocycles. The van der Waals surface area contributed by atoms with Gasteiger partial charge in [0.15, 0.2) is 0 Å². The first-order chi connectivity index (χ1) is 9.53. The van der Waals surface area contributed by atoms with Crippen molar-refractivity contribution in [2.45, 2.75) is 43.7 Å². The van der Waals surface area contributed by atoms with Crippen LogP contribution in [0.15, 0.2) is 23.1 Å². The number of aryl methyl sites for hydroxylation is 1. The normalized spacial score (nSPS) is 20.0. The molecule has 0 radical (unpaired) electrons. The average Bonchev–Trinajstić information content (AvgIpc) is 2.46. The minimum absolute atomic E-state index is 0.0119. The molecule has 0 spiro atoms. The minimum Gasteiger partial charge on any atom is -0.377 e. The smallest absolute Gasteiger partial charge is 0.240 e. The van der Waals surface area contributed by atoms with Crippen LogP contribution in [0.25, 0.3) is 0 Å². The van der Waals surface area contributed by atoms with Gasteiger partial charge in [0.25, 0.3) is 0 Å². The molecule has 1 aliphatic heterocycles. The number of hydrogen-bond donors (Lipinski definition) is 2. The second-order valence-electron chi connectivity index (χ2n) is 5.14. The molecule has 0 amide bonds. The van der Waals surface area contributed by atoms with Crippen molar-refractivity contribution >= 4 is 10.0 Å². The number of rotatable bonds is 5. The molecule has 5 nitrogen and oxygen atoms in total. The first-order valence-corrected chi connectivity index (χ1v) is 8.42. The largest absolute Gasteiger partial charge is 0.377 e. The molecule has 20 heavy (non-hydrogen) atoms. The van der Waals surface area contributed by atoms with Crippen LogP contribution >= 0.6 is 0 Å². The third-order valence-corrected chi connectivity index (χ3v) is 5.12. The number of sulfonamides is 1. The van der Waals surface area contributed by atoms with E-state index in [0.29, 0.717) is 23.5 Å². The maximum absolute atomic E-state index is 12.3. The third-order valence-electron chi connectivity index (χ3n) is 3.54. The minimum atomic E-state index is -3.49. The Balaban J connectivity index is 2.05. The highest BCUT2D eigenvalue weighted by Gasteiger charge is 2.20. The summed E-state index contributed by atoms with van der Waals surface area (Å²) in [6, 6.07) is 5.17. The molecular weight excluding hydrogens is 276 g/mol. The summed E-state index contributed by atoms with van der Waals surface area (Å²) in [4.78, 5) is 0.311. The van der Waals surface area contributed by atoms with Crippen molar-refractivity contribution in [2.24, 2.45) is 5.73 Å². The topological polar surface area (TPSA) is 81.4 Å². The molecule has 1 atom stereocenters. The Morgan fingerprint density at radius 3 is 2.80 bits per heavy atom. The Morgan fingerprint density at radius 2 is 2.20 bits per heavy atom. The Bertz CT molecular complexity index is 552. The lowest BCUT2D eigenvalue weighted by Crippen LogP contribution is -2.35. The van der Waals surface area contributed by atoms with Gasteiger partial charge >= 0.3 is 0 Å². The van der Waals surface area contributed by atoms with Crippen LogP contribution in [-0.4, -0.2) is 27.7 Å². The highest BCUT2D eigenvalue weighted by molar-refractivity contribution is 7.89. The highest BCUT2D eigenvalue weighted by Crippen LogP contribution is 2.17. The van der Waals surface area contributed by atoms with Crippen LogP contribution in [0.1, 0.15) is 30.4 Å². The van der Waals surface area contributed by atoms with Crippen molar-refractivity contribution in [3.05, 3.63) is 29.3 Å². The molecule has 1 aromatic rings. The van der Waals surface area contributed by atoms with Crippen LogP contribution in [0.3, 0.4) is 0 Å². The van der Waals surface area contributed by atoms with Gasteiger partial charge < -0.3 is 10.5 Å². The van der Waals surface area contributed by atoms with Gasteiger partial charge in [0.1, 0.15) is 0 Å². The van der Waals surface area contributed by atoms with E-state index in [1.807, 2.05) is 6.07 Å². The summed E-state index contributed by atoms with van der Waals surface area (Å²) in [5.74, 6) is 0. The Hall–Kier alpha value is -0.950. The van der Waals surface area contributed by atoms with E-state index in [4.69, 9.17) is 10.5 Å². The molecule has 0 bridgehead atoms. The zero-order chi connectivity index (χ0) is 14.6. The van der Waals surface area contributed by atoms with Gasteiger partial charge in [-0.05, 0) is 43.4 Å². The average molecular weight is 298 g/mol. The van der Waals surface area contributed by atoms with Gasteiger partial charge in [-0.25, -0.2) is 13.1 Å². The summed E-state index contributed by atoms with van der Waals surface area (Å²) in [6.45, 7) is 3.24. The van der Waals surface area contributed by atoms with E-state index in [0.717, 1.165) is 31.4 Å². The van der Waals surface area contributed by atoms with Gasteiger partial charge in [-0.2, -0.15) is 0 Å². The van der Waals surface area contributed by atoms with Gasteiger partial charge in [0.2, 0.25) is 10.0 Å². The van der Waals surface area contributed by atoms with Crippen LogP contribution in [0, 0.1) is 6.92 Å². The third kappa shape index (κ3) is 3.79. The zero-order valence-corrected chi connectivity index (χ0v) is 12.6. The van der Waals surface area contributed by atoms with E-state index >= 15 is 0 Å². The van der Waals surface area contributed by atoms with Crippen molar-refractivity contribution in [3.8, 4) is 0 Å². The highest BCUT2D eigenvalue weighted by atomic mass is 32.2. The van der Waals surface area contributed by atoms with Gasteiger partial charge in [-0.3, -0.25) is 0 Å². The Morgan fingerprint density at radius 1 is 1.40 bits per heavy atom. The predicted octanol–water partition coefficient (Wildman–Crippen LogP) is 1.30. The fraction of sp³-hybridized carbons (Fsp3) is 0.571. The number of hydrogen-bond acceptors (Lipinski definition) is 4. The summed E-state index contributed by atoms with van der Waals surface area (Å²) < 4.78 is 32.8. The second-order valence-corrected chi connectivity index (χ2v) is 6.88. The quantitative estimate of drug-likeness (QED) is 0.858. The number of ether oxygens (including phenoxy) is 1. The molecule has 1 aliphatic rings. The van der Waals surface area contributed by atoms with Crippen LogP contribution in [0.2, 0.25) is 0 Å². The Kier molecular flexibility index (Phi) is 5.15. The van der Waals surface area contributed by atoms with Crippen LogP contribution in [0.4, 0.5) is 0 Å². The second kappa shape index (κ2) is 6.67. The van der Waals surface area contributed by atoms with Gasteiger partial charge in [0, 0.05) is 19.7 Å². The zero-order valence-electron chi connectivity index (χ0n) is 11.8. The monoisotopic (exact) mass is 298 g/mol. The van der Waals surface area contributed by atoms with E-state index in [2.05, 4.69) is 4.72 Å². The molecule has 3 N–H and O–H groups in total. The summed E-state index contributed by atoms with van der Waals surface area (Å²) in [5.41, 5.74) is 7.19. The Labute approximate surface area is 120 Å². The molecule has 1 heterocycles. The first kappa shape index (κ1) is 15.4. The molecule has 1 unspecified atom stereocenters. The summed E-state index contributed by atoms with van der Waals surface area (Å²) in [5, 5.41) is 0. The number of benzene rings is 1. The van der Waals surface area contributed by atoms with Gasteiger partial charge in [-0.15, -0.1) is 0 Å². The first-order valence-electron chi connectivity index (χ1n) is 6.94. The lowest BCUT2D eigenvalue weighted by atomic mass is 10.1. The fourth-order valence-electron chi connectivity index (χ4n) is 2.39. The molecule has 1 aromatic carbocycles. The lowest BCUT2D eigenvalue weighted by Gasteiger charge is -2.22. The van der Waals surface area contributed by atoms with Gasteiger partial charge in [-0.1, -0.05) is 12.1 Å². The summed E-state index contributed by atoms with van der Waals surface area (Å²) in [6.07, 6.45) is 3.05. The van der Waals surface area contributed by atoms with E-state index in [-0.39, 0.29) is 6.10 Å². The van der Waals surface area contributed by atoms with Crippen molar-refractivity contribution in [3.63, 3.8) is 0 Å². The van der Waals surface area contributed by atoms with Crippen molar-refractivity contribution in [2.75, 3.05) is 13.2 Å². The van der Waals surface area contributed by atoms with Crippen LogP contribution < -0.4 is 10.5 Å². The standard InChI is InChI=1S/C14H22N2O3S/c1-11-8-12(9-15)5-6-14(11)20(17,18)16-10-13-4-2-3-7-19-13/h5-6,8,13,16H,2-4,7,9-10,15H2,1H3. The molecule has 112 valence electrons. The van der Waals surface area contributed by atoms with Crippen molar-refractivity contribution in [1.82, 2.24) is 4.72 Å². The number of nitrogens with two attached hydrogens (primary N) is 1. The molecule has 0 aliphatic carbocycles. The van der Waals surface area contributed by atoms with Crippen molar-refractivity contribution in [1.29, 1.82) is 0 Å². The van der Waals surface area contributed by atoms with Crippen molar-refractivity contribution < 1.29 is 13.2 Å². The molecule has 2 rings (SSSR count). The molecule has 0 aromatic heterocycles.